The minimum atomic E-state index is -1.46. The van der Waals surface area contributed by atoms with Crippen molar-refractivity contribution in [1.82, 2.24) is 0 Å². The highest BCUT2D eigenvalue weighted by Crippen LogP contribution is 2.40. The summed E-state index contributed by atoms with van der Waals surface area (Å²) in [5.74, 6) is -1.87. The normalized spacial score (nSPS) is 12.4. The van der Waals surface area contributed by atoms with Crippen molar-refractivity contribution >= 4 is 81.2 Å². The van der Waals surface area contributed by atoms with Crippen molar-refractivity contribution in [2.75, 3.05) is 24.4 Å². The van der Waals surface area contributed by atoms with Gasteiger partial charge in [-0.1, -0.05) is 34.8 Å². The molecule has 1 atom stereocenters. The molecule has 2 N–H and O–H groups in total. The van der Waals surface area contributed by atoms with Crippen LogP contribution in [0.4, 0.5) is 11.4 Å². The third-order valence-corrected chi connectivity index (χ3v) is 4.97. The van der Waals surface area contributed by atoms with E-state index < -0.39 is 22.1 Å². The van der Waals surface area contributed by atoms with Crippen LogP contribution in [-0.2, 0) is 14.3 Å². The van der Waals surface area contributed by atoms with E-state index in [2.05, 4.69) is 10.6 Å². The van der Waals surface area contributed by atoms with Crippen LogP contribution in [0.1, 0.15) is 18.4 Å². The van der Waals surface area contributed by atoms with Crippen LogP contribution < -0.4 is 10.6 Å². The summed E-state index contributed by atoms with van der Waals surface area (Å²) in [5, 5.41) is 6.31. The molecule has 0 bridgehead atoms. The summed E-state index contributed by atoms with van der Waals surface area (Å²) in [5.41, 5.74) is 1.14. The number of anilines is 2. The van der Waals surface area contributed by atoms with Gasteiger partial charge in [0.2, 0.25) is 11.8 Å². The number of ether oxygens (including phenoxy) is 1. The summed E-state index contributed by atoms with van der Waals surface area (Å²) in [6.45, 7) is 1.36. The van der Waals surface area contributed by atoms with E-state index in [0.717, 1.165) is 0 Å². The molecule has 0 aliphatic rings. The summed E-state index contributed by atoms with van der Waals surface area (Å²) in [6, 6.07) is 9.29. The number of rotatable bonds is 7. The third kappa shape index (κ3) is 6.92. The maximum Gasteiger partial charge on any atom is 0.250 e. The van der Waals surface area contributed by atoms with Gasteiger partial charge in [-0.15, -0.1) is 23.2 Å². The van der Waals surface area contributed by atoms with E-state index in [1.54, 1.807) is 18.2 Å². The summed E-state index contributed by atoms with van der Waals surface area (Å²) >= 11 is 30.8. The summed E-state index contributed by atoms with van der Waals surface area (Å²) in [7, 11) is 1.40. The van der Waals surface area contributed by atoms with Gasteiger partial charge in [0.15, 0.2) is 0 Å². The Balaban J connectivity index is 2.31. The fourth-order valence-electron chi connectivity index (χ4n) is 2.65. The molecule has 10 heteroatoms. The highest BCUT2D eigenvalue weighted by Gasteiger charge is 2.37. The number of hydrogen-bond donors (Lipinski definition) is 2. The van der Waals surface area contributed by atoms with E-state index in [1.807, 2.05) is 0 Å². The zero-order valence-electron chi connectivity index (χ0n) is 15.4. The number of hydrogen-bond acceptors (Lipinski definition) is 3. The molecule has 1 unspecified atom stereocenters. The standard InChI is InChI=1S/C19H17Cl5N2O3/c1-19(23,24)17(10-5-11(20)7-12(21)6-10)18(28)25-13-3-4-14(22)15(8-13)26-16(27)9-29-2/h3-8,17H,9H2,1-2H3,(H,25,28)(H,26,27). The van der Waals surface area contributed by atoms with Gasteiger partial charge in [0, 0.05) is 22.8 Å². The highest BCUT2D eigenvalue weighted by molar-refractivity contribution is 6.50. The first-order valence-corrected chi connectivity index (χ1v) is 10.1. The number of carbonyl (C=O) groups is 2. The topological polar surface area (TPSA) is 67.4 Å². The SMILES string of the molecule is COCC(=O)Nc1cc(NC(=O)C(c2cc(Cl)cc(Cl)c2)C(C)(Cl)Cl)ccc1Cl. The number of amides is 2. The van der Waals surface area contributed by atoms with E-state index >= 15 is 0 Å². The predicted octanol–water partition coefficient (Wildman–Crippen LogP) is 6.15. The van der Waals surface area contributed by atoms with Crippen molar-refractivity contribution in [1.29, 1.82) is 0 Å². The van der Waals surface area contributed by atoms with E-state index in [0.29, 0.717) is 32.0 Å². The van der Waals surface area contributed by atoms with Crippen LogP contribution in [0.25, 0.3) is 0 Å². The summed E-state index contributed by atoms with van der Waals surface area (Å²) in [4.78, 5) is 24.7. The molecule has 0 saturated heterocycles. The molecule has 2 aromatic carbocycles. The van der Waals surface area contributed by atoms with E-state index in [-0.39, 0.29) is 6.61 Å². The number of methoxy groups -OCH3 is 1. The fraction of sp³-hybridized carbons (Fsp3) is 0.263. The van der Waals surface area contributed by atoms with Crippen LogP contribution in [0.2, 0.25) is 15.1 Å². The monoisotopic (exact) mass is 496 g/mol. The van der Waals surface area contributed by atoms with Crippen LogP contribution in [0.15, 0.2) is 36.4 Å². The zero-order valence-corrected chi connectivity index (χ0v) is 19.1. The van der Waals surface area contributed by atoms with Gasteiger partial charge in [0.1, 0.15) is 10.9 Å². The maximum absolute atomic E-state index is 13.0. The Kier molecular flexibility index (Phi) is 8.47. The molecule has 0 spiro atoms. The van der Waals surface area contributed by atoms with Gasteiger partial charge in [-0.25, -0.2) is 0 Å². The molecule has 156 valence electrons. The van der Waals surface area contributed by atoms with Gasteiger partial charge in [-0.05, 0) is 48.9 Å². The first-order chi connectivity index (χ1) is 13.5. The maximum atomic E-state index is 13.0. The van der Waals surface area contributed by atoms with Gasteiger partial charge >= 0.3 is 0 Å². The van der Waals surface area contributed by atoms with Gasteiger partial charge in [0.25, 0.3) is 0 Å². The number of benzene rings is 2. The first-order valence-electron chi connectivity index (χ1n) is 8.24. The van der Waals surface area contributed by atoms with E-state index in [1.165, 1.54) is 32.2 Å². The lowest BCUT2D eigenvalue weighted by Gasteiger charge is -2.26. The molecule has 0 aliphatic carbocycles. The Morgan fingerprint density at radius 1 is 1.03 bits per heavy atom. The smallest absolute Gasteiger partial charge is 0.250 e. The average molecular weight is 499 g/mol. The lowest BCUT2D eigenvalue weighted by Crippen LogP contribution is -2.32. The number of carbonyl (C=O) groups excluding carboxylic acids is 2. The fourth-order valence-corrected chi connectivity index (χ4v) is 3.80. The number of halogens is 5. The van der Waals surface area contributed by atoms with Crippen molar-refractivity contribution in [2.45, 2.75) is 17.2 Å². The predicted molar refractivity (Wildman–Crippen MR) is 120 cm³/mol. The molecule has 2 aromatic rings. The van der Waals surface area contributed by atoms with Gasteiger partial charge < -0.3 is 15.4 Å². The van der Waals surface area contributed by atoms with Crippen LogP contribution in [-0.4, -0.2) is 29.9 Å². The molecule has 0 fully saturated rings. The van der Waals surface area contributed by atoms with E-state index in [9.17, 15) is 9.59 Å². The van der Waals surface area contributed by atoms with Crippen LogP contribution in [0, 0.1) is 0 Å². The van der Waals surface area contributed by atoms with E-state index in [4.69, 9.17) is 62.7 Å². The molecule has 5 nitrogen and oxygen atoms in total. The largest absolute Gasteiger partial charge is 0.375 e. The van der Waals surface area contributed by atoms with Crippen LogP contribution in [0.5, 0.6) is 0 Å². The first kappa shape index (κ1) is 24.1. The molecule has 29 heavy (non-hydrogen) atoms. The minimum Gasteiger partial charge on any atom is -0.375 e. The van der Waals surface area contributed by atoms with Gasteiger partial charge in [0.05, 0.1) is 16.6 Å². The molecular formula is C19H17Cl5N2O3. The van der Waals surface area contributed by atoms with Crippen LogP contribution in [0.3, 0.4) is 0 Å². The van der Waals surface area contributed by atoms with Crippen molar-refractivity contribution < 1.29 is 14.3 Å². The molecule has 2 amide bonds. The van der Waals surface area contributed by atoms with Crippen molar-refractivity contribution in [3.05, 3.63) is 57.0 Å². The van der Waals surface area contributed by atoms with Crippen LogP contribution >= 0.6 is 58.0 Å². The van der Waals surface area contributed by atoms with Gasteiger partial charge in [-0.2, -0.15) is 0 Å². The zero-order chi connectivity index (χ0) is 21.8. The third-order valence-electron chi connectivity index (χ3n) is 3.77. The molecule has 0 heterocycles. The minimum absolute atomic E-state index is 0.138. The average Bonchev–Trinajstić information content (AvgIpc) is 2.56. The molecule has 0 aromatic heterocycles. The Labute approximate surface area is 193 Å². The molecular weight excluding hydrogens is 481 g/mol. The molecule has 0 radical (unpaired) electrons. The number of alkyl halides is 2. The molecule has 2 rings (SSSR count). The summed E-state index contributed by atoms with van der Waals surface area (Å²) < 4.78 is 3.31. The second kappa shape index (κ2) is 10.2. The Hall–Kier alpha value is -1.21. The van der Waals surface area contributed by atoms with Crippen molar-refractivity contribution in [2.24, 2.45) is 0 Å². The second-order valence-electron chi connectivity index (χ2n) is 6.26. The molecule has 0 saturated carbocycles. The lowest BCUT2D eigenvalue weighted by molar-refractivity contribution is -0.119. The Morgan fingerprint density at radius 2 is 1.66 bits per heavy atom. The lowest BCUT2D eigenvalue weighted by atomic mass is 9.94. The second-order valence-corrected chi connectivity index (χ2v) is 9.30. The highest BCUT2D eigenvalue weighted by atomic mass is 35.5. The Bertz CT molecular complexity index is 895. The summed E-state index contributed by atoms with van der Waals surface area (Å²) in [6.07, 6.45) is 0. The number of nitrogens with one attached hydrogen (secondary N) is 2. The quantitative estimate of drug-likeness (QED) is 0.450. The Morgan fingerprint density at radius 3 is 2.21 bits per heavy atom. The van der Waals surface area contributed by atoms with Crippen molar-refractivity contribution in [3.8, 4) is 0 Å². The van der Waals surface area contributed by atoms with Gasteiger partial charge in [-0.3, -0.25) is 9.59 Å². The van der Waals surface area contributed by atoms with Crippen molar-refractivity contribution in [3.63, 3.8) is 0 Å². The molecule has 0 aliphatic heterocycles.